The largest absolute Gasteiger partial charge is 0.368 e. The van der Waals surface area contributed by atoms with Crippen molar-refractivity contribution in [2.24, 2.45) is 0 Å². The lowest BCUT2D eigenvalue weighted by Gasteiger charge is -2.17. The SMILES string of the molecule is C1=c2cccnc2=CC12CNc1ncccc12. The number of nitrogens with zero attached hydrogens (tertiary/aromatic N) is 2. The van der Waals surface area contributed by atoms with Gasteiger partial charge in [0.15, 0.2) is 0 Å². The third-order valence-corrected chi connectivity index (χ3v) is 3.54. The summed E-state index contributed by atoms with van der Waals surface area (Å²) in [7, 11) is 0. The summed E-state index contributed by atoms with van der Waals surface area (Å²) >= 11 is 0. The Balaban J connectivity index is 2.02. The summed E-state index contributed by atoms with van der Waals surface area (Å²) in [5.74, 6) is 0.993. The number of rotatable bonds is 0. The van der Waals surface area contributed by atoms with Gasteiger partial charge in [-0.05, 0) is 23.4 Å². The highest BCUT2D eigenvalue weighted by atomic mass is 15.0. The van der Waals surface area contributed by atoms with Crippen molar-refractivity contribution in [1.82, 2.24) is 9.97 Å². The van der Waals surface area contributed by atoms with Crippen LogP contribution in [0.15, 0.2) is 36.7 Å². The van der Waals surface area contributed by atoms with E-state index >= 15 is 0 Å². The van der Waals surface area contributed by atoms with Gasteiger partial charge in [0.25, 0.3) is 0 Å². The molecule has 0 saturated heterocycles. The first-order valence-electron chi connectivity index (χ1n) is 5.74. The molecule has 2 aromatic heterocycles. The van der Waals surface area contributed by atoms with E-state index < -0.39 is 0 Å². The highest BCUT2D eigenvalue weighted by Crippen LogP contribution is 2.38. The van der Waals surface area contributed by atoms with Gasteiger partial charge in [0.1, 0.15) is 5.82 Å². The Labute approximate surface area is 98.5 Å². The Kier molecular flexibility index (Phi) is 1.55. The van der Waals surface area contributed by atoms with Crippen LogP contribution in [-0.2, 0) is 5.41 Å². The third-order valence-electron chi connectivity index (χ3n) is 3.54. The number of hydrogen-bond acceptors (Lipinski definition) is 3. The van der Waals surface area contributed by atoms with Gasteiger partial charge < -0.3 is 5.32 Å². The Bertz CT molecular complexity index is 683. The first kappa shape index (κ1) is 8.93. The quantitative estimate of drug-likeness (QED) is 0.700. The lowest BCUT2D eigenvalue weighted by Crippen LogP contribution is -2.23. The zero-order valence-corrected chi connectivity index (χ0v) is 9.22. The molecule has 17 heavy (non-hydrogen) atoms. The number of pyridine rings is 2. The second-order valence-electron chi connectivity index (χ2n) is 4.56. The molecule has 1 spiro atoms. The third kappa shape index (κ3) is 1.11. The summed E-state index contributed by atoms with van der Waals surface area (Å²) in [6.07, 6.45) is 8.19. The van der Waals surface area contributed by atoms with Gasteiger partial charge in [-0.3, -0.25) is 4.98 Å². The lowest BCUT2D eigenvalue weighted by molar-refractivity contribution is 0.847. The Morgan fingerprint density at radius 2 is 1.94 bits per heavy atom. The Morgan fingerprint density at radius 3 is 2.88 bits per heavy atom. The van der Waals surface area contributed by atoms with Crippen molar-refractivity contribution in [1.29, 1.82) is 0 Å². The Hall–Kier alpha value is -2.16. The van der Waals surface area contributed by atoms with Gasteiger partial charge in [-0.2, -0.15) is 0 Å². The van der Waals surface area contributed by atoms with Crippen LogP contribution < -0.4 is 15.9 Å². The maximum absolute atomic E-state index is 4.42. The molecule has 3 heteroatoms. The molecule has 1 aliphatic heterocycles. The second kappa shape index (κ2) is 2.94. The highest BCUT2D eigenvalue weighted by Gasteiger charge is 2.37. The van der Waals surface area contributed by atoms with Crippen LogP contribution in [0.3, 0.4) is 0 Å². The van der Waals surface area contributed by atoms with Crippen LogP contribution in [0.4, 0.5) is 5.82 Å². The van der Waals surface area contributed by atoms with E-state index in [2.05, 4.69) is 39.6 Å². The summed E-state index contributed by atoms with van der Waals surface area (Å²) in [5.41, 5.74) is 1.19. The van der Waals surface area contributed by atoms with Gasteiger partial charge in [-0.25, -0.2) is 4.98 Å². The molecule has 2 aromatic rings. The number of nitrogens with one attached hydrogen (secondary N) is 1. The highest BCUT2D eigenvalue weighted by molar-refractivity contribution is 5.75. The van der Waals surface area contributed by atoms with Gasteiger partial charge >= 0.3 is 0 Å². The van der Waals surface area contributed by atoms with Crippen molar-refractivity contribution in [2.75, 3.05) is 11.9 Å². The summed E-state index contributed by atoms with van der Waals surface area (Å²) in [6.45, 7) is 0.871. The molecule has 82 valence electrons. The first-order valence-corrected chi connectivity index (χ1v) is 5.74. The molecule has 3 nitrogen and oxygen atoms in total. The molecule has 4 rings (SSSR count). The van der Waals surface area contributed by atoms with Crippen LogP contribution in [0.5, 0.6) is 0 Å². The summed E-state index contributed by atoms with van der Waals surface area (Å²) < 4.78 is 0. The normalized spacial score (nSPS) is 23.5. The van der Waals surface area contributed by atoms with Crippen LogP contribution >= 0.6 is 0 Å². The molecule has 0 fully saturated rings. The molecule has 0 amide bonds. The monoisotopic (exact) mass is 221 g/mol. The molecule has 0 aromatic carbocycles. The molecule has 0 radical (unpaired) electrons. The number of aromatic nitrogens is 2. The fraction of sp³-hybridized carbons (Fsp3) is 0.143. The molecule has 2 aliphatic rings. The average molecular weight is 221 g/mol. The zero-order valence-electron chi connectivity index (χ0n) is 9.22. The zero-order chi connectivity index (χ0) is 11.3. The van der Waals surface area contributed by atoms with E-state index in [-0.39, 0.29) is 5.41 Å². The molecular formula is C14H11N3. The molecule has 3 heterocycles. The van der Waals surface area contributed by atoms with Crippen molar-refractivity contribution >= 4 is 18.0 Å². The van der Waals surface area contributed by atoms with E-state index in [4.69, 9.17) is 0 Å². The minimum absolute atomic E-state index is 0.0553. The Morgan fingerprint density at radius 1 is 1.06 bits per heavy atom. The molecule has 1 N–H and O–H groups in total. The molecule has 1 aliphatic carbocycles. The fourth-order valence-corrected chi connectivity index (χ4v) is 2.74. The van der Waals surface area contributed by atoms with Gasteiger partial charge in [-0.1, -0.05) is 18.2 Å². The first-order chi connectivity index (χ1) is 8.37. The predicted molar refractivity (Wildman–Crippen MR) is 66.8 cm³/mol. The molecular weight excluding hydrogens is 210 g/mol. The van der Waals surface area contributed by atoms with Crippen molar-refractivity contribution in [3.05, 3.63) is 52.8 Å². The minimum Gasteiger partial charge on any atom is -0.368 e. The van der Waals surface area contributed by atoms with Crippen molar-refractivity contribution in [3.63, 3.8) is 0 Å². The number of anilines is 1. The molecule has 1 atom stereocenters. The van der Waals surface area contributed by atoms with Crippen LogP contribution in [-0.4, -0.2) is 16.5 Å². The number of fused-ring (bicyclic) bond motifs is 3. The maximum atomic E-state index is 4.42. The molecule has 0 saturated carbocycles. The lowest BCUT2D eigenvalue weighted by atomic mass is 9.84. The predicted octanol–water partition coefficient (Wildman–Crippen LogP) is 0.415. The van der Waals surface area contributed by atoms with Crippen LogP contribution in [0.1, 0.15) is 5.56 Å². The topological polar surface area (TPSA) is 37.8 Å². The maximum Gasteiger partial charge on any atom is 0.130 e. The van der Waals surface area contributed by atoms with Crippen LogP contribution in [0.25, 0.3) is 12.2 Å². The van der Waals surface area contributed by atoms with Crippen molar-refractivity contribution in [2.45, 2.75) is 5.41 Å². The van der Waals surface area contributed by atoms with Crippen molar-refractivity contribution < 1.29 is 0 Å². The van der Waals surface area contributed by atoms with Crippen molar-refractivity contribution in [3.8, 4) is 0 Å². The van der Waals surface area contributed by atoms with E-state index in [1.807, 2.05) is 24.5 Å². The van der Waals surface area contributed by atoms with Gasteiger partial charge in [0, 0.05) is 24.5 Å². The second-order valence-corrected chi connectivity index (χ2v) is 4.56. The smallest absolute Gasteiger partial charge is 0.130 e. The van der Waals surface area contributed by atoms with E-state index in [0.717, 1.165) is 17.7 Å². The van der Waals surface area contributed by atoms with E-state index in [1.54, 1.807) is 0 Å². The van der Waals surface area contributed by atoms with Gasteiger partial charge in [0.2, 0.25) is 0 Å². The van der Waals surface area contributed by atoms with Gasteiger partial charge in [-0.15, -0.1) is 0 Å². The van der Waals surface area contributed by atoms with E-state index in [9.17, 15) is 0 Å². The fourth-order valence-electron chi connectivity index (χ4n) is 2.74. The minimum atomic E-state index is -0.0553. The van der Waals surface area contributed by atoms with Crippen LogP contribution in [0, 0.1) is 0 Å². The number of hydrogen-bond donors (Lipinski definition) is 1. The summed E-state index contributed by atoms with van der Waals surface area (Å²) in [6, 6.07) is 8.23. The van der Waals surface area contributed by atoms with E-state index in [1.165, 1.54) is 10.8 Å². The van der Waals surface area contributed by atoms with Gasteiger partial charge in [0.05, 0.1) is 10.8 Å². The standard InChI is InChI=1S/C14H11N3/c1-3-10-7-14(8-12(10)15-5-1)9-17-13-11(14)4-2-6-16-13/h1-8H,9H2,(H,16,17). The molecule has 1 unspecified atom stereocenters. The van der Waals surface area contributed by atoms with E-state index in [0.29, 0.717) is 0 Å². The summed E-state index contributed by atoms with van der Waals surface area (Å²) in [4.78, 5) is 8.79. The average Bonchev–Trinajstić information content (AvgIpc) is 2.92. The van der Waals surface area contributed by atoms with Crippen LogP contribution in [0.2, 0.25) is 0 Å². The summed E-state index contributed by atoms with van der Waals surface area (Å²) in [5, 5.41) is 5.66. The molecule has 0 bridgehead atoms.